The number of carbonyl (C=O) groups is 2. The van der Waals surface area contributed by atoms with Crippen molar-refractivity contribution in [3.05, 3.63) is 109 Å². The largest absolute Gasteiger partial charge is 0.490 e. The van der Waals surface area contributed by atoms with Gasteiger partial charge in [0, 0.05) is 92.7 Å². The number of aliphatic hydroxyl groups is 2. The number of anilines is 3. The molecule has 38 heteroatoms. The lowest BCUT2D eigenvalue weighted by Gasteiger charge is -2.43. The molecule has 3 aromatic carbocycles. The minimum Gasteiger partial charge on any atom is -0.456 e. The minimum atomic E-state index is -5.88. The summed E-state index contributed by atoms with van der Waals surface area (Å²) < 4.78 is 134. The van der Waals surface area contributed by atoms with Crippen LogP contribution in [-0.4, -0.2) is 179 Å². The summed E-state index contributed by atoms with van der Waals surface area (Å²) in [6.07, 6.45) is -0.806. The number of phosphoric acid groups is 3. The lowest BCUT2D eigenvalue weighted by atomic mass is 9.83. The summed E-state index contributed by atoms with van der Waals surface area (Å²) >= 11 is 0. The predicted octanol–water partition coefficient (Wildman–Crippen LogP) is 3.12. The molecule has 95 heavy (non-hydrogen) atoms. The number of unbranched alkanes of at least 4 members (excludes halogenated alkanes) is 3. The number of nitrogens with two attached hydrogens (primary N) is 1. The van der Waals surface area contributed by atoms with E-state index in [9.17, 15) is 74.0 Å². The molecule has 9 rings (SSSR count). The van der Waals surface area contributed by atoms with Gasteiger partial charge in [0.2, 0.25) is 23.2 Å². The first-order valence-electron chi connectivity index (χ1n) is 30.0. The van der Waals surface area contributed by atoms with Crippen LogP contribution in [0.5, 0.6) is 11.5 Å². The molecule has 2 aromatic heterocycles. The molecule has 0 radical (unpaired) electrons. The molecule has 1 fully saturated rings. The van der Waals surface area contributed by atoms with E-state index in [4.69, 9.17) is 25.0 Å². The number of H-pyrrole nitrogens is 1. The summed E-state index contributed by atoms with van der Waals surface area (Å²) in [7, 11) is -24.7. The number of benzene rings is 3. The molecule has 0 spiro atoms. The predicted molar refractivity (Wildman–Crippen MR) is 346 cm³/mol. The number of ether oxygens (including phenoxy) is 2. The number of aromatic amines is 1. The van der Waals surface area contributed by atoms with E-state index < -0.39 is 109 Å². The molecular formula is C57H76N10O23P3S2+. The van der Waals surface area contributed by atoms with Crippen LogP contribution in [-0.2, 0) is 56.6 Å². The zero-order chi connectivity index (χ0) is 69.7. The third-order valence-corrected chi connectivity index (χ3v) is 21.5. The SMILES string of the molecule is CCN1c2cc3c(cc2C(CS(=O)(=O)O)=CC1(C)C)C(c1ccccc1C(=O)N(C)CCCC(=O)NCCCCCCNc1nc2c(=O)[nH]c(N)nc2n1[C@@H]1O[C@H](COP(=O)(O)OP(=O)(O)OP(=O)(O)O)[C@@H](O)[C@H]1O)=c1cc2c(cc1O3)=[N+](CC)C(C)(C)C=C2CS(=O)(=O)O. The number of phosphoric ester groups is 1. The van der Waals surface area contributed by atoms with Crippen molar-refractivity contribution in [2.45, 2.75) is 116 Å². The quantitative estimate of drug-likeness (QED) is 0.0145. The van der Waals surface area contributed by atoms with Crippen LogP contribution in [0, 0.1) is 0 Å². The average molecular weight is 1430 g/mol. The van der Waals surface area contributed by atoms with E-state index in [-0.39, 0.29) is 60.5 Å². The maximum atomic E-state index is 14.8. The highest BCUT2D eigenvalue weighted by Crippen LogP contribution is 2.66. The zero-order valence-electron chi connectivity index (χ0n) is 52.6. The molecule has 0 aliphatic carbocycles. The van der Waals surface area contributed by atoms with Crippen molar-refractivity contribution < 1.29 is 102 Å². The second-order valence-electron chi connectivity index (χ2n) is 24.2. The fraction of sp³-hybridized carbons (Fsp3) is 0.474. The Hall–Kier alpha value is -6.59. The highest BCUT2D eigenvalue weighted by molar-refractivity contribution is 7.86. The fourth-order valence-corrected chi connectivity index (χ4v) is 16.8. The monoisotopic (exact) mass is 1430 g/mol. The van der Waals surface area contributed by atoms with Crippen molar-refractivity contribution in [1.29, 1.82) is 0 Å². The van der Waals surface area contributed by atoms with Gasteiger partial charge in [-0.3, -0.25) is 37.6 Å². The lowest BCUT2D eigenvalue weighted by Crippen LogP contribution is -2.50. The second-order valence-corrected chi connectivity index (χ2v) is 31.5. The van der Waals surface area contributed by atoms with E-state index in [1.165, 1.54) is 4.90 Å². The Bertz CT molecular complexity index is 4540. The summed E-state index contributed by atoms with van der Waals surface area (Å²) in [6.45, 7) is 12.2. The standard InChI is InChI=1S/C57H75N10O23P3S2/c1-8-65-40-25-42-38(23-36(40)32(27-56(65,3)4)30-94(80,81)82)46(39-24-37-33(31-95(83,84)85)28-57(5,6)66(9-2)41(37)26-43(39)87-42)34-17-12-13-18-35(34)52(72)64(7)22-16-19-45(68)59-20-14-10-11-15-21-60-55-61-47-50(62-54(58)63-51(47)71)67(55)53-49(70)48(69)44(88-53)29-86-92(76,77)90-93(78,79)89-91(73,74)75/h12-13,17-18,23-28,44,48-49,53,69-70H,8-11,14-16,19-22,29-31H2,1-7H3,(H10,58,59,63,68,71,72,73,74,75,76,77,78,79,80,81,82,83,84,85)/p+1/t44-,48-,49-,53-/m1/s1. The van der Waals surface area contributed by atoms with E-state index in [2.05, 4.69) is 48.2 Å². The third-order valence-electron chi connectivity index (χ3n) is 16.3. The van der Waals surface area contributed by atoms with Crippen molar-refractivity contribution in [3.63, 3.8) is 0 Å². The fourth-order valence-electron chi connectivity index (χ4n) is 12.5. The Morgan fingerprint density at radius 3 is 2.14 bits per heavy atom. The molecule has 33 nitrogen and oxygen atoms in total. The van der Waals surface area contributed by atoms with Crippen LogP contribution in [0.1, 0.15) is 119 Å². The number of hydrogen-bond donors (Lipinski definition) is 12. The molecule has 6 atom stereocenters. The summed E-state index contributed by atoms with van der Waals surface area (Å²) in [6, 6.07) is 14.1. The number of imidazole rings is 1. The van der Waals surface area contributed by atoms with Gasteiger partial charge in [0.1, 0.15) is 47.9 Å². The van der Waals surface area contributed by atoms with E-state index in [0.717, 1.165) is 4.57 Å². The van der Waals surface area contributed by atoms with Crippen LogP contribution in [0.2, 0.25) is 0 Å². The van der Waals surface area contributed by atoms with Crippen LogP contribution in [0.3, 0.4) is 0 Å². The van der Waals surface area contributed by atoms with Gasteiger partial charge >= 0.3 is 23.5 Å². The van der Waals surface area contributed by atoms with E-state index in [1.54, 1.807) is 55.6 Å². The molecule has 4 aliphatic heterocycles. The number of nitrogens with zero attached hydrogens (tertiary/aromatic N) is 6. The van der Waals surface area contributed by atoms with Gasteiger partial charge in [-0.05, 0) is 87.9 Å². The van der Waals surface area contributed by atoms with E-state index in [1.807, 2.05) is 53.7 Å². The van der Waals surface area contributed by atoms with E-state index in [0.29, 0.717) is 112 Å². The molecule has 2 unspecified atom stereocenters. The van der Waals surface area contributed by atoms with Crippen LogP contribution in [0.15, 0.2) is 65.5 Å². The topological polar surface area (TPSA) is 485 Å². The average Bonchev–Trinajstić information content (AvgIpc) is 1.67. The number of nitrogens with one attached hydrogen (secondary N) is 3. The third kappa shape index (κ3) is 16.7. The molecular weight excluding hydrogens is 1350 g/mol. The number of aromatic nitrogens is 4. The van der Waals surface area contributed by atoms with Gasteiger partial charge in [-0.25, -0.2) is 23.3 Å². The maximum Gasteiger partial charge on any atom is 0.490 e. The maximum absolute atomic E-state index is 14.8. The van der Waals surface area contributed by atoms with Gasteiger partial charge in [-0.1, -0.05) is 37.1 Å². The smallest absolute Gasteiger partial charge is 0.456 e. The number of amides is 2. The van der Waals surface area contributed by atoms with Crippen molar-refractivity contribution in [3.8, 4) is 11.5 Å². The number of nitrogen functional groups attached to an aromatic ring is 1. The summed E-state index contributed by atoms with van der Waals surface area (Å²) in [5.41, 5.74) is 7.13. The number of rotatable bonds is 28. The number of likely N-dealkylation sites (N-methyl/N-ethyl adjacent to an activating group) is 2. The van der Waals surface area contributed by atoms with Gasteiger partial charge in [0.25, 0.3) is 31.7 Å². The highest BCUT2D eigenvalue weighted by Gasteiger charge is 2.48. The van der Waals surface area contributed by atoms with Crippen LogP contribution in [0.25, 0.3) is 27.9 Å². The Morgan fingerprint density at radius 1 is 0.821 bits per heavy atom. The first-order valence-corrected chi connectivity index (χ1v) is 37.7. The molecule has 1 saturated heterocycles. The van der Waals surface area contributed by atoms with Gasteiger partial charge in [-0.2, -0.15) is 30.4 Å². The molecule has 13 N–H and O–H groups in total. The molecule has 4 aliphatic rings. The Balaban J connectivity index is 0.856. The first kappa shape index (κ1) is 72.7. The Labute approximate surface area is 544 Å². The van der Waals surface area contributed by atoms with Crippen molar-refractivity contribution in [1.82, 2.24) is 34.3 Å². The van der Waals surface area contributed by atoms with Gasteiger partial charge in [0.15, 0.2) is 22.9 Å². The molecule has 5 aromatic rings. The molecule has 6 heterocycles. The summed E-state index contributed by atoms with van der Waals surface area (Å²) in [5.74, 6) is -1.74. The van der Waals surface area contributed by atoms with Crippen molar-refractivity contribution >= 4 is 101 Å². The number of aliphatic hydroxyl groups excluding tert-OH is 2. The van der Waals surface area contributed by atoms with E-state index >= 15 is 0 Å². The van der Waals surface area contributed by atoms with Crippen LogP contribution >= 0.6 is 23.5 Å². The van der Waals surface area contributed by atoms with Gasteiger partial charge in [-0.15, -0.1) is 0 Å². The first-order chi connectivity index (χ1) is 44.2. The lowest BCUT2D eigenvalue weighted by molar-refractivity contribution is -0.121. The Kier molecular flexibility index (Phi) is 21.2. The molecule has 2 amide bonds. The zero-order valence-corrected chi connectivity index (χ0v) is 56.9. The highest BCUT2D eigenvalue weighted by atomic mass is 32.2. The number of fused-ring (bicyclic) bond motifs is 5. The van der Waals surface area contributed by atoms with Crippen molar-refractivity contribution in [2.75, 3.05) is 73.8 Å². The van der Waals surface area contributed by atoms with Gasteiger partial charge < -0.3 is 65.4 Å². The number of hydrogen-bond acceptors (Lipinski definition) is 22. The second kappa shape index (κ2) is 27.7. The van der Waals surface area contributed by atoms with Crippen LogP contribution in [0.4, 0.5) is 17.6 Å². The van der Waals surface area contributed by atoms with Crippen LogP contribution < -0.4 is 46.7 Å². The molecule has 518 valence electrons. The summed E-state index contributed by atoms with van der Waals surface area (Å²) in [5, 5.41) is 29.0. The Morgan fingerprint density at radius 2 is 1.48 bits per heavy atom. The molecule has 0 saturated carbocycles. The minimum absolute atomic E-state index is 0.0696. The molecule has 0 bridgehead atoms. The number of carbonyl (C=O) groups excluding carboxylic acids is 2. The normalized spacial score (nSPS) is 20.3. The van der Waals surface area contributed by atoms with Crippen molar-refractivity contribution in [2.24, 2.45) is 0 Å². The van der Waals surface area contributed by atoms with Gasteiger partial charge in [0.05, 0.1) is 23.8 Å². The summed E-state index contributed by atoms with van der Waals surface area (Å²) in [4.78, 5) is 92.2.